The van der Waals surface area contributed by atoms with Crippen LogP contribution < -0.4 is 5.32 Å². The minimum Gasteiger partial charge on any atom is -0.351 e. The summed E-state index contributed by atoms with van der Waals surface area (Å²) < 4.78 is 0. The van der Waals surface area contributed by atoms with Crippen molar-refractivity contribution >= 4 is 5.91 Å². The standard InChI is InChI=1S/C12H23N3O/c1-4-6-13-12(16)11(3)15-9-7-14(5-2)8-10-15/h4,11H,1,5-10H2,2-3H3,(H,13,16). The second kappa shape index (κ2) is 6.66. The lowest BCUT2D eigenvalue weighted by atomic mass is 10.2. The predicted octanol–water partition coefficient (Wildman–Crippen LogP) is 0.315. The van der Waals surface area contributed by atoms with Crippen molar-refractivity contribution < 1.29 is 4.79 Å². The SMILES string of the molecule is C=CCNC(=O)C(C)N1CCN(CC)CC1. The minimum absolute atomic E-state index is 0.0287. The summed E-state index contributed by atoms with van der Waals surface area (Å²) >= 11 is 0. The van der Waals surface area contributed by atoms with Crippen LogP contribution in [0.1, 0.15) is 13.8 Å². The van der Waals surface area contributed by atoms with Crippen molar-refractivity contribution in [1.29, 1.82) is 0 Å². The molecule has 0 aromatic carbocycles. The monoisotopic (exact) mass is 225 g/mol. The maximum atomic E-state index is 11.7. The van der Waals surface area contributed by atoms with E-state index in [9.17, 15) is 4.79 Å². The maximum Gasteiger partial charge on any atom is 0.237 e. The molecule has 1 saturated heterocycles. The number of piperazine rings is 1. The topological polar surface area (TPSA) is 35.6 Å². The first-order valence-electron chi connectivity index (χ1n) is 6.04. The van der Waals surface area contributed by atoms with Crippen molar-refractivity contribution in [3.05, 3.63) is 12.7 Å². The normalized spacial score (nSPS) is 20.4. The van der Waals surface area contributed by atoms with Crippen molar-refractivity contribution in [2.24, 2.45) is 0 Å². The smallest absolute Gasteiger partial charge is 0.237 e. The average molecular weight is 225 g/mol. The molecule has 16 heavy (non-hydrogen) atoms. The van der Waals surface area contributed by atoms with Gasteiger partial charge < -0.3 is 10.2 Å². The molecule has 1 unspecified atom stereocenters. The van der Waals surface area contributed by atoms with E-state index in [0.717, 1.165) is 32.7 Å². The number of likely N-dealkylation sites (N-methyl/N-ethyl adjacent to an activating group) is 1. The summed E-state index contributed by atoms with van der Waals surface area (Å²) in [5.41, 5.74) is 0. The Bertz CT molecular complexity index is 234. The van der Waals surface area contributed by atoms with Crippen molar-refractivity contribution in [1.82, 2.24) is 15.1 Å². The van der Waals surface area contributed by atoms with Crippen LogP contribution in [0.5, 0.6) is 0 Å². The summed E-state index contributed by atoms with van der Waals surface area (Å²) in [6, 6.07) is -0.0287. The summed E-state index contributed by atoms with van der Waals surface area (Å²) in [5, 5.41) is 2.84. The van der Waals surface area contributed by atoms with Gasteiger partial charge in [0.05, 0.1) is 6.04 Å². The van der Waals surface area contributed by atoms with Gasteiger partial charge in [-0.05, 0) is 13.5 Å². The summed E-state index contributed by atoms with van der Waals surface area (Å²) in [6.45, 7) is 13.5. The number of hydrogen-bond donors (Lipinski definition) is 1. The third-order valence-electron chi connectivity index (χ3n) is 3.20. The molecule has 0 aromatic rings. The molecule has 1 aliphatic heterocycles. The lowest BCUT2D eigenvalue weighted by Gasteiger charge is -2.36. The zero-order valence-electron chi connectivity index (χ0n) is 10.4. The Labute approximate surface area is 98.3 Å². The molecule has 92 valence electrons. The van der Waals surface area contributed by atoms with Gasteiger partial charge in [0, 0.05) is 32.7 Å². The van der Waals surface area contributed by atoms with Gasteiger partial charge in [-0.1, -0.05) is 13.0 Å². The van der Waals surface area contributed by atoms with Gasteiger partial charge >= 0.3 is 0 Å². The predicted molar refractivity (Wildman–Crippen MR) is 66.4 cm³/mol. The molecule has 0 spiro atoms. The first kappa shape index (κ1) is 13.2. The quantitative estimate of drug-likeness (QED) is 0.684. The van der Waals surface area contributed by atoms with Crippen molar-refractivity contribution in [2.45, 2.75) is 19.9 Å². The van der Waals surface area contributed by atoms with Gasteiger partial charge in [0.15, 0.2) is 0 Å². The van der Waals surface area contributed by atoms with E-state index in [1.54, 1.807) is 6.08 Å². The van der Waals surface area contributed by atoms with Crippen LogP contribution in [0.4, 0.5) is 0 Å². The van der Waals surface area contributed by atoms with Gasteiger partial charge in [0.25, 0.3) is 0 Å². The van der Waals surface area contributed by atoms with Crippen LogP contribution in [0.3, 0.4) is 0 Å². The zero-order valence-corrected chi connectivity index (χ0v) is 10.4. The largest absolute Gasteiger partial charge is 0.351 e. The van der Waals surface area contributed by atoms with E-state index in [1.807, 2.05) is 6.92 Å². The Hall–Kier alpha value is -0.870. The third-order valence-corrected chi connectivity index (χ3v) is 3.20. The van der Waals surface area contributed by atoms with Gasteiger partial charge in [0.1, 0.15) is 0 Å². The molecule has 1 atom stereocenters. The molecule has 0 aliphatic carbocycles. The molecule has 1 rings (SSSR count). The molecule has 1 fully saturated rings. The van der Waals surface area contributed by atoms with E-state index in [-0.39, 0.29) is 11.9 Å². The van der Waals surface area contributed by atoms with E-state index < -0.39 is 0 Å². The van der Waals surface area contributed by atoms with Crippen LogP contribution in [0, 0.1) is 0 Å². The van der Waals surface area contributed by atoms with Crippen molar-refractivity contribution in [3.8, 4) is 0 Å². The lowest BCUT2D eigenvalue weighted by molar-refractivity contribution is -0.126. The van der Waals surface area contributed by atoms with Gasteiger partial charge in [0.2, 0.25) is 5.91 Å². The molecule has 4 heteroatoms. The van der Waals surface area contributed by atoms with Crippen LogP contribution in [0.15, 0.2) is 12.7 Å². The van der Waals surface area contributed by atoms with Crippen LogP contribution >= 0.6 is 0 Å². The van der Waals surface area contributed by atoms with Gasteiger partial charge in [-0.3, -0.25) is 9.69 Å². The number of amides is 1. The highest BCUT2D eigenvalue weighted by Crippen LogP contribution is 2.05. The number of nitrogens with one attached hydrogen (secondary N) is 1. The van der Waals surface area contributed by atoms with Crippen LogP contribution in [-0.4, -0.2) is 61.0 Å². The Morgan fingerprint density at radius 1 is 1.44 bits per heavy atom. The Kier molecular flexibility index (Phi) is 5.49. The van der Waals surface area contributed by atoms with Gasteiger partial charge in [-0.2, -0.15) is 0 Å². The first-order chi connectivity index (χ1) is 7.69. The lowest BCUT2D eigenvalue weighted by Crippen LogP contribution is -2.53. The van der Waals surface area contributed by atoms with E-state index in [1.165, 1.54) is 0 Å². The number of nitrogens with zero attached hydrogens (tertiary/aromatic N) is 2. The molecular formula is C12H23N3O. The van der Waals surface area contributed by atoms with E-state index in [2.05, 4.69) is 28.6 Å². The first-order valence-corrected chi connectivity index (χ1v) is 6.04. The third kappa shape index (κ3) is 3.61. The molecule has 0 bridgehead atoms. The summed E-state index contributed by atoms with van der Waals surface area (Å²) in [4.78, 5) is 16.4. The van der Waals surface area contributed by atoms with Crippen LogP contribution in [0.2, 0.25) is 0 Å². The van der Waals surface area contributed by atoms with Crippen LogP contribution in [-0.2, 0) is 4.79 Å². The fraction of sp³-hybridized carbons (Fsp3) is 0.750. The molecule has 4 nitrogen and oxygen atoms in total. The number of rotatable bonds is 5. The number of hydrogen-bond acceptors (Lipinski definition) is 3. The Morgan fingerprint density at radius 3 is 2.56 bits per heavy atom. The molecule has 0 saturated carbocycles. The fourth-order valence-electron chi connectivity index (χ4n) is 1.95. The van der Waals surface area contributed by atoms with Crippen LogP contribution in [0.25, 0.3) is 0 Å². The zero-order chi connectivity index (χ0) is 12.0. The highest BCUT2D eigenvalue weighted by Gasteiger charge is 2.24. The van der Waals surface area contributed by atoms with Crippen molar-refractivity contribution in [2.75, 3.05) is 39.3 Å². The second-order valence-corrected chi connectivity index (χ2v) is 4.18. The maximum absolute atomic E-state index is 11.7. The second-order valence-electron chi connectivity index (χ2n) is 4.18. The van der Waals surface area contributed by atoms with E-state index in [4.69, 9.17) is 0 Å². The molecule has 0 aromatic heterocycles. The molecule has 1 heterocycles. The van der Waals surface area contributed by atoms with Gasteiger partial charge in [-0.15, -0.1) is 6.58 Å². The highest BCUT2D eigenvalue weighted by atomic mass is 16.2. The van der Waals surface area contributed by atoms with Crippen molar-refractivity contribution in [3.63, 3.8) is 0 Å². The molecule has 1 amide bonds. The Balaban J connectivity index is 2.34. The molecular weight excluding hydrogens is 202 g/mol. The summed E-state index contributed by atoms with van der Waals surface area (Å²) in [6.07, 6.45) is 1.71. The number of carbonyl (C=O) groups is 1. The van der Waals surface area contributed by atoms with E-state index >= 15 is 0 Å². The summed E-state index contributed by atoms with van der Waals surface area (Å²) in [7, 11) is 0. The molecule has 1 aliphatic rings. The fourth-order valence-corrected chi connectivity index (χ4v) is 1.95. The minimum atomic E-state index is -0.0287. The Morgan fingerprint density at radius 2 is 2.06 bits per heavy atom. The van der Waals surface area contributed by atoms with Gasteiger partial charge in [-0.25, -0.2) is 0 Å². The highest BCUT2D eigenvalue weighted by molar-refractivity contribution is 5.81. The molecule has 1 N–H and O–H groups in total. The van der Waals surface area contributed by atoms with E-state index in [0.29, 0.717) is 6.54 Å². The average Bonchev–Trinajstić information content (AvgIpc) is 2.35. The number of carbonyl (C=O) groups excluding carboxylic acids is 1. The molecule has 0 radical (unpaired) electrons. The summed E-state index contributed by atoms with van der Waals surface area (Å²) in [5.74, 6) is 0.102.